The maximum atomic E-state index is 12.6. The van der Waals surface area contributed by atoms with Gasteiger partial charge in [-0.1, -0.05) is 23.9 Å². The maximum Gasteiger partial charge on any atom is 0.320 e. The van der Waals surface area contributed by atoms with Crippen LogP contribution in [0.4, 0.5) is 16.3 Å². The van der Waals surface area contributed by atoms with Crippen molar-refractivity contribution < 1.29 is 4.79 Å². The van der Waals surface area contributed by atoms with Crippen molar-refractivity contribution in [3.8, 4) is 0 Å². The van der Waals surface area contributed by atoms with E-state index < -0.39 is 0 Å². The number of urea groups is 1. The van der Waals surface area contributed by atoms with E-state index in [0.717, 1.165) is 77.4 Å². The number of aromatic nitrogens is 1. The average molecular weight is 424 g/mol. The molecule has 0 bridgehead atoms. The summed E-state index contributed by atoms with van der Waals surface area (Å²) in [5.74, 6) is 1.07. The van der Waals surface area contributed by atoms with Crippen LogP contribution in [0.15, 0.2) is 52.4 Å². The fraction of sp³-hybridized carbons (Fsp3) is 0.478. The highest BCUT2D eigenvalue weighted by atomic mass is 32.2. The molecule has 2 amide bonds. The average Bonchev–Trinajstić information content (AvgIpc) is 3.33. The van der Waals surface area contributed by atoms with Crippen LogP contribution >= 0.6 is 11.8 Å². The van der Waals surface area contributed by atoms with Gasteiger partial charge in [0.25, 0.3) is 0 Å². The molecule has 1 aromatic carbocycles. The summed E-state index contributed by atoms with van der Waals surface area (Å²) in [6, 6.07) is 13.0. The number of pyridine rings is 1. The lowest BCUT2D eigenvalue weighted by Crippen LogP contribution is -2.52. The lowest BCUT2D eigenvalue weighted by atomic mass is 10.2. The lowest BCUT2D eigenvalue weighted by molar-refractivity contribution is 0.118. The molecule has 0 atom stereocenters. The number of para-hydroxylation sites is 1. The molecule has 30 heavy (non-hydrogen) atoms. The summed E-state index contributed by atoms with van der Waals surface area (Å²) >= 11 is 1.81. The first-order chi connectivity index (χ1) is 14.8. The van der Waals surface area contributed by atoms with Crippen molar-refractivity contribution in [3.05, 3.63) is 42.6 Å². The molecule has 0 N–H and O–H groups in total. The topological polar surface area (TPSA) is 42.9 Å². The summed E-state index contributed by atoms with van der Waals surface area (Å²) in [6.45, 7) is 7.52. The summed E-state index contributed by atoms with van der Waals surface area (Å²) in [6.07, 6.45) is 5.27. The SMILES string of the molecule is O=C(N1CCCC1)N1CCN(CCCN2c3ccccc3Sc3cccnc32)CC1. The van der Waals surface area contributed by atoms with Gasteiger partial charge in [-0.3, -0.25) is 4.90 Å². The van der Waals surface area contributed by atoms with Crippen LogP contribution in [0.1, 0.15) is 19.3 Å². The van der Waals surface area contributed by atoms with Crippen molar-refractivity contribution >= 4 is 29.3 Å². The molecule has 0 unspecified atom stereocenters. The third-order valence-corrected chi connectivity index (χ3v) is 7.36. The van der Waals surface area contributed by atoms with Crippen molar-refractivity contribution in [1.29, 1.82) is 0 Å². The van der Waals surface area contributed by atoms with Crippen LogP contribution in [0.25, 0.3) is 0 Å². The van der Waals surface area contributed by atoms with Crippen LogP contribution in [0.2, 0.25) is 0 Å². The Hall–Kier alpha value is -2.25. The molecule has 6 nitrogen and oxygen atoms in total. The monoisotopic (exact) mass is 423 g/mol. The number of benzene rings is 1. The third kappa shape index (κ3) is 4.01. The summed E-state index contributed by atoms with van der Waals surface area (Å²) in [4.78, 5) is 28.7. The third-order valence-electron chi connectivity index (χ3n) is 6.26. The Morgan fingerprint density at radius 2 is 1.60 bits per heavy atom. The highest BCUT2D eigenvalue weighted by Crippen LogP contribution is 2.46. The number of hydrogen-bond donors (Lipinski definition) is 0. The molecule has 0 spiro atoms. The Morgan fingerprint density at radius 3 is 2.43 bits per heavy atom. The number of nitrogens with zero attached hydrogens (tertiary/aromatic N) is 5. The first kappa shape index (κ1) is 19.7. The van der Waals surface area contributed by atoms with Gasteiger partial charge in [0.2, 0.25) is 0 Å². The minimum absolute atomic E-state index is 0.247. The van der Waals surface area contributed by atoms with E-state index in [1.165, 1.54) is 15.5 Å². The predicted octanol–water partition coefficient (Wildman–Crippen LogP) is 3.91. The molecule has 158 valence electrons. The van der Waals surface area contributed by atoms with Crippen molar-refractivity contribution in [2.24, 2.45) is 0 Å². The van der Waals surface area contributed by atoms with Crippen molar-refractivity contribution in [1.82, 2.24) is 19.7 Å². The quantitative estimate of drug-likeness (QED) is 0.746. The largest absolute Gasteiger partial charge is 0.325 e. The maximum absolute atomic E-state index is 12.6. The number of carbonyl (C=O) groups excluding carboxylic acids is 1. The number of anilines is 2. The fourth-order valence-corrected chi connectivity index (χ4v) is 5.68. The van der Waals surface area contributed by atoms with E-state index in [9.17, 15) is 4.79 Å². The summed E-state index contributed by atoms with van der Waals surface area (Å²) in [7, 11) is 0. The normalized spacial score (nSPS) is 19.0. The van der Waals surface area contributed by atoms with E-state index >= 15 is 0 Å². The molecule has 2 fully saturated rings. The molecule has 7 heteroatoms. The Labute approximate surface area is 182 Å². The first-order valence-corrected chi connectivity index (χ1v) is 11.9. The van der Waals surface area contributed by atoms with E-state index in [2.05, 4.69) is 45.1 Å². The number of carbonyl (C=O) groups is 1. The molecule has 1 aromatic heterocycles. The standard InChI is InChI=1S/C23H29N5OS/c29-23(26-12-3-4-13-26)27-17-15-25(16-18-27)11-6-14-28-19-7-1-2-8-20(19)30-21-9-5-10-24-22(21)28/h1-2,5,7-10H,3-4,6,11-18H2. The van der Waals surface area contributed by atoms with Gasteiger partial charge in [0, 0.05) is 56.9 Å². The number of hydrogen-bond acceptors (Lipinski definition) is 5. The zero-order valence-corrected chi connectivity index (χ0v) is 18.2. The Balaban J connectivity index is 1.16. The molecular formula is C23H29N5OS. The van der Waals surface area contributed by atoms with E-state index in [4.69, 9.17) is 0 Å². The van der Waals surface area contributed by atoms with Crippen LogP contribution in [-0.4, -0.2) is 78.1 Å². The Kier molecular flexibility index (Phi) is 5.82. The predicted molar refractivity (Wildman–Crippen MR) is 121 cm³/mol. The van der Waals surface area contributed by atoms with Gasteiger partial charge in [-0.2, -0.15) is 0 Å². The van der Waals surface area contributed by atoms with Gasteiger partial charge in [0.05, 0.1) is 10.6 Å². The Bertz CT molecular complexity index is 847. The highest BCUT2D eigenvalue weighted by Gasteiger charge is 2.27. The van der Waals surface area contributed by atoms with Gasteiger partial charge in [0.15, 0.2) is 0 Å². The summed E-state index contributed by atoms with van der Waals surface area (Å²) < 4.78 is 0. The molecule has 0 radical (unpaired) electrons. The molecule has 3 aliphatic heterocycles. The second-order valence-electron chi connectivity index (χ2n) is 8.21. The van der Waals surface area contributed by atoms with Crippen molar-refractivity contribution in [2.45, 2.75) is 29.1 Å². The van der Waals surface area contributed by atoms with E-state index in [1.807, 2.05) is 22.1 Å². The van der Waals surface area contributed by atoms with E-state index in [0.29, 0.717) is 0 Å². The summed E-state index contributed by atoms with van der Waals surface area (Å²) in [5.41, 5.74) is 1.26. The van der Waals surface area contributed by atoms with Gasteiger partial charge < -0.3 is 14.7 Å². The smallest absolute Gasteiger partial charge is 0.320 e. The zero-order valence-electron chi connectivity index (χ0n) is 17.4. The number of rotatable bonds is 4. The van der Waals surface area contributed by atoms with Crippen LogP contribution in [0, 0.1) is 0 Å². The number of amides is 2. The number of likely N-dealkylation sites (tertiary alicyclic amines) is 1. The van der Waals surface area contributed by atoms with Gasteiger partial charge in [0.1, 0.15) is 5.82 Å². The minimum atomic E-state index is 0.247. The van der Waals surface area contributed by atoms with E-state index in [1.54, 1.807) is 11.8 Å². The van der Waals surface area contributed by atoms with Crippen LogP contribution in [0.3, 0.4) is 0 Å². The molecule has 0 aliphatic carbocycles. The van der Waals surface area contributed by atoms with Crippen molar-refractivity contribution in [2.75, 3.05) is 57.3 Å². The molecular weight excluding hydrogens is 394 g/mol. The van der Waals surface area contributed by atoms with Gasteiger partial charge in [-0.05, 0) is 50.1 Å². The summed E-state index contributed by atoms with van der Waals surface area (Å²) in [5, 5.41) is 0. The van der Waals surface area contributed by atoms with Crippen molar-refractivity contribution in [3.63, 3.8) is 0 Å². The van der Waals surface area contributed by atoms with Crippen LogP contribution in [-0.2, 0) is 0 Å². The second-order valence-corrected chi connectivity index (χ2v) is 9.29. The van der Waals surface area contributed by atoms with Crippen LogP contribution in [0.5, 0.6) is 0 Å². The molecule has 3 aliphatic rings. The molecule has 5 rings (SSSR count). The zero-order chi connectivity index (χ0) is 20.3. The minimum Gasteiger partial charge on any atom is -0.325 e. The molecule has 2 saturated heterocycles. The first-order valence-electron chi connectivity index (χ1n) is 11.1. The van der Waals surface area contributed by atoms with Crippen LogP contribution < -0.4 is 4.90 Å². The van der Waals surface area contributed by atoms with E-state index in [-0.39, 0.29) is 6.03 Å². The number of piperazine rings is 1. The fourth-order valence-electron chi connectivity index (χ4n) is 4.61. The Morgan fingerprint density at radius 1 is 0.867 bits per heavy atom. The lowest BCUT2D eigenvalue weighted by Gasteiger charge is -2.37. The van der Waals surface area contributed by atoms with Gasteiger partial charge in [-0.25, -0.2) is 9.78 Å². The van der Waals surface area contributed by atoms with Gasteiger partial charge >= 0.3 is 6.03 Å². The van der Waals surface area contributed by atoms with Gasteiger partial charge in [-0.15, -0.1) is 0 Å². The molecule has 0 saturated carbocycles. The highest BCUT2D eigenvalue weighted by molar-refractivity contribution is 7.99. The molecule has 2 aromatic rings. The second kappa shape index (κ2) is 8.86. The molecule has 4 heterocycles. The number of fused-ring (bicyclic) bond motifs is 2.